The van der Waals surface area contributed by atoms with Crippen LogP contribution in [0, 0.1) is 0 Å². The van der Waals surface area contributed by atoms with Crippen molar-refractivity contribution in [1.29, 1.82) is 0 Å². The normalized spacial score (nSPS) is 20.2. The standard InChI is InChI=1S/C10H17N5S/c1(6-11-8-2-3-8)7-16-10-12-13-14-15(10)9-4-5-9/h8-9,11H,1-7H2. The molecule has 0 amide bonds. The molecule has 3 rings (SSSR count). The Morgan fingerprint density at radius 2 is 2.19 bits per heavy atom. The highest BCUT2D eigenvalue weighted by Crippen LogP contribution is 2.36. The highest BCUT2D eigenvalue weighted by atomic mass is 32.2. The molecule has 6 heteroatoms. The zero-order chi connectivity index (χ0) is 10.8. The van der Waals surface area contributed by atoms with Crippen molar-refractivity contribution in [3.05, 3.63) is 0 Å². The monoisotopic (exact) mass is 239 g/mol. The van der Waals surface area contributed by atoms with Crippen molar-refractivity contribution < 1.29 is 0 Å². The molecule has 1 heterocycles. The van der Waals surface area contributed by atoms with Gasteiger partial charge in [0, 0.05) is 11.8 Å². The van der Waals surface area contributed by atoms with Crippen molar-refractivity contribution in [3.63, 3.8) is 0 Å². The Bertz CT molecular complexity index is 345. The predicted molar refractivity (Wildman–Crippen MR) is 62.5 cm³/mol. The van der Waals surface area contributed by atoms with Crippen molar-refractivity contribution in [3.8, 4) is 0 Å². The summed E-state index contributed by atoms with van der Waals surface area (Å²) >= 11 is 1.78. The van der Waals surface area contributed by atoms with Crippen LogP contribution in [0.3, 0.4) is 0 Å². The second-order valence-corrected chi connectivity index (χ2v) is 5.63. The van der Waals surface area contributed by atoms with Crippen LogP contribution in [0.15, 0.2) is 5.16 Å². The molecule has 0 aromatic carbocycles. The minimum atomic E-state index is 0.585. The van der Waals surface area contributed by atoms with Crippen LogP contribution >= 0.6 is 11.8 Å². The van der Waals surface area contributed by atoms with Gasteiger partial charge in [0.25, 0.3) is 0 Å². The molecule has 2 fully saturated rings. The fourth-order valence-corrected chi connectivity index (χ4v) is 2.54. The number of hydrogen-bond acceptors (Lipinski definition) is 5. The van der Waals surface area contributed by atoms with E-state index in [-0.39, 0.29) is 0 Å². The molecule has 1 aromatic heterocycles. The number of tetrazole rings is 1. The van der Waals surface area contributed by atoms with Crippen LogP contribution < -0.4 is 5.32 Å². The maximum atomic E-state index is 4.07. The number of nitrogens with one attached hydrogen (secondary N) is 1. The van der Waals surface area contributed by atoms with Crippen molar-refractivity contribution >= 4 is 11.8 Å². The fourth-order valence-electron chi connectivity index (χ4n) is 1.66. The summed E-state index contributed by atoms with van der Waals surface area (Å²) in [6.45, 7) is 1.13. The van der Waals surface area contributed by atoms with Crippen molar-refractivity contribution in [2.45, 2.75) is 49.3 Å². The summed E-state index contributed by atoms with van der Waals surface area (Å²) < 4.78 is 1.99. The molecule has 16 heavy (non-hydrogen) atoms. The lowest BCUT2D eigenvalue weighted by molar-refractivity contribution is 0.565. The fraction of sp³-hybridized carbons (Fsp3) is 0.900. The van der Waals surface area contributed by atoms with Gasteiger partial charge in [-0.1, -0.05) is 11.8 Å². The molecule has 1 N–H and O–H groups in total. The van der Waals surface area contributed by atoms with E-state index in [1.165, 1.54) is 32.1 Å². The van der Waals surface area contributed by atoms with Crippen LogP contribution in [-0.4, -0.2) is 38.5 Å². The lowest BCUT2D eigenvalue weighted by Gasteiger charge is -2.03. The van der Waals surface area contributed by atoms with E-state index < -0.39 is 0 Å². The Morgan fingerprint density at radius 3 is 2.94 bits per heavy atom. The molecule has 5 nitrogen and oxygen atoms in total. The molecule has 2 saturated carbocycles. The summed E-state index contributed by atoms with van der Waals surface area (Å²) in [6, 6.07) is 1.41. The highest BCUT2D eigenvalue weighted by Gasteiger charge is 2.27. The molecule has 0 atom stereocenters. The topological polar surface area (TPSA) is 55.6 Å². The van der Waals surface area contributed by atoms with E-state index >= 15 is 0 Å². The van der Waals surface area contributed by atoms with Crippen molar-refractivity contribution in [2.24, 2.45) is 0 Å². The first kappa shape index (κ1) is 10.5. The lowest BCUT2D eigenvalue weighted by Crippen LogP contribution is -2.17. The van der Waals surface area contributed by atoms with E-state index in [0.29, 0.717) is 6.04 Å². The molecule has 0 bridgehead atoms. The smallest absolute Gasteiger partial charge is 0.209 e. The van der Waals surface area contributed by atoms with Gasteiger partial charge in [0.15, 0.2) is 0 Å². The molecule has 0 spiro atoms. The molecule has 1 aromatic rings. The predicted octanol–water partition coefficient (Wildman–Crippen LogP) is 1.24. The molecular weight excluding hydrogens is 222 g/mol. The maximum Gasteiger partial charge on any atom is 0.209 e. The molecule has 0 unspecified atom stereocenters. The van der Waals surface area contributed by atoms with Gasteiger partial charge in [-0.15, -0.1) is 5.10 Å². The van der Waals surface area contributed by atoms with Crippen LogP contribution in [0.25, 0.3) is 0 Å². The van der Waals surface area contributed by atoms with E-state index in [4.69, 9.17) is 0 Å². The molecule has 0 aliphatic heterocycles. The molecule has 0 radical (unpaired) electrons. The number of nitrogens with zero attached hydrogens (tertiary/aromatic N) is 4. The zero-order valence-corrected chi connectivity index (χ0v) is 10.1. The Morgan fingerprint density at radius 1 is 1.31 bits per heavy atom. The quantitative estimate of drug-likeness (QED) is 0.573. The minimum Gasteiger partial charge on any atom is -0.314 e. The third kappa shape index (κ3) is 2.74. The summed E-state index contributed by atoms with van der Waals surface area (Å²) in [6.07, 6.45) is 6.41. The number of hydrogen-bond donors (Lipinski definition) is 1. The van der Waals surface area contributed by atoms with E-state index in [0.717, 1.165) is 23.5 Å². The zero-order valence-electron chi connectivity index (χ0n) is 9.30. The molecule has 88 valence electrons. The SMILES string of the molecule is C(CNC1CC1)CSc1nnnn1C1CC1. The summed E-state index contributed by atoms with van der Waals surface area (Å²) in [5.41, 5.74) is 0. The summed E-state index contributed by atoms with van der Waals surface area (Å²) in [4.78, 5) is 0. The molecule has 2 aliphatic rings. The van der Waals surface area contributed by atoms with Gasteiger partial charge in [-0.05, 0) is 49.1 Å². The van der Waals surface area contributed by atoms with Gasteiger partial charge in [0.05, 0.1) is 6.04 Å². The van der Waals surface area contributed by atoms with E-state index in [1.807, 2.05) is 4.68 Å². The first-order valence-corrected chi connectivity index (χ1v) is 7.06. The van der Waals surface area contributed by atoms with E-state index in [1.54, 1.807) is 11.8 Å². The minimum absolute atomic E-state index is 0.585. The number of aromatic nitrogens is 4. The van der Waals surface area contributed by atoms with E-state index in [9.17, 15) is 0 Å². The van der Waals surface area contributed by atoms with Gasteiger partial charge >= 0.3 is 0 Å². The molecule has 2 aliphatic carbocycles. The van der Waals surface area contributed by atoms with Crippen molar-refractivity contribution in [1.82, 2.24) is 25.5 Å². The maximum absolute atomic E-state index is 4.07. The lowest BCUT2D eigenvalue weighted by atomic mass is 10.5. The van der Waals surface area contributed by atoms with Gasteiger partial charge in [-0.2, -0.15) is 0 Å². The van der Waals surface area contributed by atoms with Crippen LogP contribution in [-0.2, 0) is 0 Å². The largest absolute Gasteiger partial charge is 0.314 e. The second-order valence-electron chi connectivity index (χ2n) is 4.57. The van der Waals surface area contributed by atoms with Crippen LogP contribution in [0.5, 0.6) is 0 Å². The average Bonchev–Trinajstić information content (AvgIpc) is 3.19. The number of thioether (sulfide) groups is 1. The highest BCUT2D eigenvalue weighted by molar-refractivity contribution is 7.99. The second kappa shape index (κ2) is 4.71. The Labute approximate surface area is 99.4 Å². The third-order valence-electron chi connectivity index (χ3n) is 2.92. The molecule has 0 saturated heterocycles. The van der Waals surface area contributed by atoms with Crippen LogP contribution in [0.1, 0.15) is 38.1 Å². The summed E-state index contributed by atoms with van der Waals surface area (Å²) in [7, 11) is 0. The van der Waals surface area contributed by atoms with Crippen LogP contribution in [0.4, 0.5) is 0 Å². The van der Waals surface area contributed by atoms with Crippen molar-refractivity contribution in [2.75, 3.05) is 12.3 Å². The van der Waals surface area contributed by atoms with Gasteiger partial charge < -0.3 is 5.32 Å². The molecular formula is C10H17N5S. The van der Waals surface area contributed by atoms with Gasteiger partial charge in [-0.3, -0.25) is 0 Å². The third-order valence-corrected chi connectivity index (χ3v) is 3.94. The summed E-state index contributed by atoms with van der Waals surface area (Å²) in [5, 5.41) is 16.4. The summed E-state index contributed by atoms with van der Waals surface area (Å²) in [5.74, 6) is 1.10. The average molecular weight is 239 g/mol. The van der Waals surface area contributed by atoms with Gasteiger partial charge in [0.1, 0.15) is 0 Å². The Balaban J connectivity index is 1.37. The first-order chi connectivity index (χ1) is 7.93. The first-order valence-electron chi connectivity index (χ1n) is 6.07. The Kier molecular flexibility index (Phi) is 3.10. The van der Waals surface area contributed by atoms with Crippen LogP contribution in [0.2, 0.25) is 0 Å². The number of rotatable bonds is 7. The van der Waals surface area contributed by atoms with E-state index in [2.05, 4.69) is 20.8 Å². The Hall–Kier alpha value is -0.620. The van der Waals surface area contributed by atoms with Gasteiger partial charge in [0.2, 0.25) is 5.16 Å². The van der Waals surface area contributed by atoms with Gasteiger partial charge in [-0.25, -0.2) is 4.68 Å².